The number of thioether (sulfide) groups is 1. The highest BCUT2D eigenvalue weighted by Crippen LogP contribution is 2.28. The second kappa shape index (κ2) is 8.58. The molecule has 3 rings (SSSR count). The number of rotatable bonds is 6. The number of nitrogens with zero attached hydrogens (tertiary/aromatic N) is 4. The summed E-state index contributed by atoms with van der Waals surface area (Å²) >= 11 is 1.43. The van der Waals surface area contributed by atoms with Crippen LogP contribution >= 0.6 is 11.8 Å². The molecule has 0 radical (unpaired) electrons. The van der Waals surface area contributed by atoms with E-state index in [-0.39, 0.29) is 5.91 Å². The zero-order valence-corrected chi connectivity index (χ0v) is 16.4. The summed E-state index contributed by atoms with van der Waals surface area (Å²) in [6, 6.07) is 8.05. The van der Waals surface area contributed by atoms with E-state index in [4.69, 9.17) is 4.74 Å². The van der Waals surface area contributed by atoms with Crippen LogP contribution in [0.3, 0.4) is 0 Å². The first kappa shape index (κ1) is 18.8. The molecule has 1 amide bonds. The zero-order chi connectivity index (χ0) is 18.5. The lowest BCUT2D eigenvalue weighted by molar-refractivity contribution is -0.130. The van der Waals surface area contributed by atoms with Gasteiger partial charge in [0, 0.05) is 18.8 Å². The Morgan fingerprint density at radius 2 is 2.04 bits per heavy atom. The highest BCUT2D eigenvalue weighted by Gasteiger charge is 2.27. The van der Waals surface area contributed by atoms with Gasteiger partial charge in [0.25, 0.3) is 0 Å². The molecule has 1 aromatic carbocycles. The largest absolute Gasteiger partial charge is 0.497 e. The molecular formula is C19H26N4O2S. The lowest BCUT2D eigenvalue weighted by atomic mass is 9.85. The van der Waals surface area contributed by atoms with Crippen LogP contribution in [0, 0.1) is 5.92 Å². The van der Waals surface area contributed by atoms with E-state index >= 15 is 0 Å². The first-order valence-corrected chi connectivity index (χ1v) is 10.0. The van der Waals surface area contributed by atoms with E-state index < -0.39 is 0 Å². The molecular weight excluding hydrogens is 348 g/mol. The topological polar surface area (TPSA) is 60.2 Å². The second-order valence-corrected chi connectivity index (χ2v) is 7.75. The summed E-state index contributed by atoms with van der Waals surface area (Å²) in [6.07, 6.45) is 6.48. The lowest BCUT2D eigenvalue weighted by Crippen LogP contribution is -2.43. The second-order valence-electron chi connectivity index (χ2n) is 6.80. The van der Waals surface area contributed by atoms with E-state index in [0.717, 1.165) is 17.9 Å². The number of amides is 1. The molecule has 1 saturated carbocycles. The minimum Gasteiger partial charge on any atom is -0.497 e. The maximum atomic E-state index is 12.6. The maximum Gasteiger partial charge on any atom is 0.233 e. The highest BCUT2D eigenvalue weighted by molar-refractivity contribution is 7.99. The van der Waals surface area contributed by atoms with Crippen LogP contribution in [0.4, 0.5) is 0 Å². The fourth-order valence-corrected chi connectivity index (χ4v) is 4.38. The summed E-state index contributed by atoms with van der Waals surface area (Å²) in [5.41, 5.74) is 0.944. The fraction of sp³-hybridized carbons (Fsp3) is 0.526. The van der Waals surface area contributed by atoms with Gasteiger partial charge in [-0.25, -0.2) is 0 Å². The summed E-state index contributed by atoms with van der Waals surface area (Å²) in [4.78, 5) is 14.6. The third-order valence-electron chi connectivity index (χ3n) is 5.15. The van der Waals surface area contributed by atoms with Gasteiger partial charge in [-0.1, -0.05) is 31.5 Å². The number of methoxy groups -OCH3 is 1. The van der Waals surface area contributed by atoms with E-state index in [1.807, 2.05) is 40.8 Å². The van der Waals surface area contributed by atoms with Crippen LogP contribution in [0.2, 0.25) is 0 Å². The molecule has 7 heteroatoms. The Hall–Kier alpha value is -2.02. The first-order valence-electron chi connectivity index (χ1n) is 9.03. The predicted molar refractivity (Wildman–Crippen MR) is 103 cm³/mol. The summed E-state index contributed by atoms with van der Waals surface area (Å²) in [5, 5.41) is 8.89. The molecule has 0 N–H and O–H groups in total. The number of hydrogen-bond acceptors (Lipinski definition) is 5. The number of aromatic nitrogens is 3. The average Bonchev–Trinajstić information content (AvgIpc) is 3.14. The Labute approximate surface area is 158 Å². The van der Waals surface area contributed by atoms with E-state index in [9.17, 15) is 4.79 Å². The molecule has 0 aliphatic heterocycles. The van der Waals surface area contributed by atoms with E-state index in [1.165, 1.54) is 31.0 Å². The maximum absolute atomic E-state index is 12.6. The minimum atomic E-state index is 0.151. The SMILES string of the molecule is COc1ccc(-n2cnnc2SCC(=O)N(C)C2CCCCC2C)cc1. The van der Waals surface area contributed by atoms with Gasteiger partial charge in [-0.3, -0.25) is 9.36 Å². The van der Waals surface area contributed by atoms with Gasteiger partial charge < -0.3 is 9.64 Å². The van der Waals surface area contributed by atoms with E-state index in [1.54, 1.807) is 13.4 Å². The smallest absolute Gasteiger partial charge is 0.233 e. The molecule has 1 aliphatic rings. The molecule has 140 valence electrons. The van der Waals surface area contributed by atoms with Crippen LogP contribution < -0.4 is 4.74 Å². The monoisotopic (exact) mass is 374 g/mol. The summed E-state index contributed by atoms with van der Waals surface area (Å²) in [7, 11) is 3.58. The molecule has 1 aliphatic carbocycles. The number of carbonyl (C=O) groups excluding carboxylic acids is 1. The minimum absolute atomic E-state index is 0.151. The van der Waals surface area contributed by atoms with Crippen molar-refractivity contribution in [2.75, 3.05) is 19.9 Å². The van der Waals surface area contributed by atoms with Crippen molar-refractivity contribution in [1.29, 1.82) is 0 Å². The number of hydrogen-bond donors (Lipinski definition) is 0. The lowest BCUT2D eigenvalue weighted by Gasteiger charge is -2.36. The quantitative estimate of drug-likeness (QED) is 0.725. The summed E-state index contributed by atoms with van der Waals surface area (Å²) in [6.45, 7) is 2.25. The number of benzene rings is 1. The van der Waals surface area contributed by atoms with Gasteiger partial charge in [0.1, 0.15) is 12.1 Å². The molecule has 26 heavy (non-hydrogen) atoms. The van der Waals surface area contributed by atoms with E-state index in [2.05, 4.69) is 17.1 Å². The van der Waals surface area contributed by atoms with E-state index in [0.29, 0.717) is 22.9 Å². The fourth-order valence-electron chi connectivity index (χ4n) is 3.53. The summed E-state index contributed by atoms with van der Waals surface area (Å²) < 4.78 is 7.08. The Morgan fingerprint density at radius 3 is 2.73 bits per heavy atom. The van der Waals surface area contributed by atoms with Crippen LogP contribution in [-0.4, -0.2) is 51.5 Å². The van der Waals surface area contributed by atoms with Gasteiger partial charge in [0.2, 0.25) is 5.91 Å². The van der Waals surface area contributed by atoms with Crippen molar-refractivity contribution in [2.45, 2.75) is 43.8 Å². The van der Waals surface area contributed by atoms with Gasteiger partial charge in [0.15, 0.2) is 5.16 Å². The van der Waals surface area contributed by atoms with Gasteiger partial charge in [-0.05, 0) is 43.0 Å². The standard InChI is InChI=1S/C19H26N4O2S/c1-14-6-4-5-7-17(14)22(2)18(24)12-26-19-21-20-13-23(19)15-8-10-16(25-3)11-9-15/h8-11,13-14,17H,4-7,12H2,1-3H3. The van der Waals surface area contributed by atoms with Crippen LogP contribution in [0.1, 0.15) is 32.6 Å². The normalized spacial score (nSPS) is 20.0. The van der Waals surface area contributed by atoms with Crippen LogP contribution in [0.5, 0.6) is 5.75 Å². The molecule has 0 bridgehead atoms. The van der Waals surface area contributed by atoms with Crippen LogP contribution in [0.15, 0.2) is 35.7 Å². The Balaban J connectivity index is 1.63. The Morgan fingerprint density at radius 1 is 1.31 bits per heavy atom. The molecule has 6 nitrogen and oxygen atoms in total. The number of carbonyl (C=O) groups is 1. The average molecular weight is 375 g/mol. The highest BCUT2D eigenvalue weighted by atomic mass is 32.2. The van der Waals surface area contributed by atoms with Crippen molar-refractivity contribution in [3.63, 3.8) is 0 Å². The van der Waals surface area contributed by atoms with Crippen LogP contribution in [0.25, 0.3) is 5.69 Å². The Bertz CT molecular complexity index is 731. The van der Waals surface area contributed by atoms with Gasteiger partial charge >= 0.3 is 0 Å². The molecule has 0 saturated heterocycles. The van der Waals surface area contributed by atoms with Crippen LogP contribution in [-0.2, 0) is 4.79 Å². The Kier molecular flexibility index (Phi) is 6.19. The van der Waals surface area contributed by atoms with Crippen molar-refractivity contribution in [1.82, 2.24) is 19.7 Å². The predicted octanol–water partition coefficient (Wildman–Crippen LogP) is 3.41. The summed E-state index contributed by atoms with van der Waals surface area (Å²) in [5.74, 6) is 1.90. The molecule has 2 unspecified atom stereocenters. The zero-order valence-electron chi connectivity index (χ0n) is 15.6. The molecule has 1 aromatic heterocycles. The molecule has 1 fully saturated rings. The van der Waals surface area contributed by atoms with Gasteiger partial charge in [0.05, 0.1) is 12.9 Å². The van der Waals surface area contributed by atoms with Crippen molar-refractivity contribution >= 4 is 17.7 Å². The molecule has 2 atom stereocenters. The van der Waals surface area contributed by atoms with Gasteiger partial charge in [-0.2, -0.15) is 0 Å². The van der Waals surface area contributed by atoms with Crippen molar-refractivity contribution in [3.05, 3.63) is 30.6 Å². The third-order valence-corrected chi connectivity index (χ3v) is 6.08. The first-order chi connectivity index (χ1) is 12.6. The van der Waals surface area contributed by atoms with Gasteiger partial charge in [-0.15, -0.1) is 10.2 Å². The van der Waals surface area contributed by atoms with Crippen molar-refractivity contribution in [3.8, 4) is 11.4 Å². The van der Waals surface area contributed by atoms with Crippen molar-refractivity contribution in [2.24, 2.45) is 5.92 Å². The number of ether oxygens (including phenoxy) is 1. The molecule has 1 heterocycles. The van der Waals surface area contributed by atoms with Crippen molar-refractivity contribution < 1.29 is 9.53 Å². The molecule has 0 spiro atoms. The molecule has 2 aromatic rings. The third kappa shape index (κ3) is 4.20.